The van der Waals surface area contributed by atoms with Gasteiger partial charge in [-0.3, -0.25) is 4.89 Å². The van der Waals surface area contributed by atoms with Crippen LogP contribution in [0.1, 0.15) is 5.56 Å². The maximum absolute atomic E-state index is 11.2. The molecule has 0 aliphatic heterocycles. The van der Waals surface area contributed by atoms with Crippen LogP contribution in [0.15, 0.2) is 24.3 Å². The largest absolute Gasteiger partial charge is 0.658 e. The number of nitrogens with one attached hydrogen (secondary N) is 2. The molecule has 17 heavy (non-hydrogen) atoms. The Balaban J connectivity index is 2.48. The molecule has 0 saturated carbocycles. The fraction of sp³-hybridized carbons (Fsp3) is 0.111. The fourth-order valence-corrected chi connectivity index (χ4v) is 1.32. The van der Waals surface area contributed by atoms with Gasteiger partial charge < -0.3 is 20.4 Å². The van der Waals surface area contributed by atoms with Gasteiger partial charge in [0.15, 0.2) is 0 Å². The Bertz CT molecular complexity index is 435. The van der Waals surface area contributed by atoms with E-state index in [0.717, 1.165) is 0 Å². The van der Waals surface area contributed by atoms with Crippen LogP contribution in [0.3, 0.4) is 0 Å². The lowest BCUT2D eigenvalue weighted by Gasteiger charge is -2.27. The van der Waals surface area contributed by atoms with Crippen molar-refractivity contribution in [3.05, 3.63) is 29.8 Å². The van der Waals surface area contributed by atoms with Crippen molar-refractivity contribution in [2.24, 2.45) is 0 Å². The maximum atomic E-state index is 11.2. The molecule has 0 aliphatic carbocycles. The Morgan fingerprint density at radius 3 is 2.47 bits per heavy atom. The molecule has 0 aromatic heterocycles. The standard InChI is InChI=1S/C9H10N3O4P/c10-5-7-1-3-8(4-2-7)12-9(13)11-6-17(14,15)16/h1-4H,6H2,(H2,11,12,13)(H2,14,15,16)/p-1. The number of amides is 2. The summed E-state index contributed by atoms with van der Waals surface area (Å²) in [6.45, 7) is 0. The Kier molecular flexibility index (Phi) is 4.37. The van der Waals surface area contributed by atoms with Crippen LogP contribution in [-0.2, 0) is 0 Å². The number of carbonyl (C=O) groups excluding carboxylic acids is 1. The molecule has 0 saturated heterocycles. The van der Waals surface area contributed by atoms with Crippen LogP contribution in [0.2, 0.25) is 0 Å². The van der Waals surface area contributed by atoms with Crippen LogP contribution in [0.25, 0.3) is 0 Å². The third-order valence-corrected chi connectivity index (χ3v) is 2.27. The highest BCUT2D eigenvalue weighted by atomic mass is 31.2. The summed E-state index contributed by atoms with van der Waals surface area (Å²) in [5.74, 6) is 0. The lowest BCUT2D eigenvalue weighted by atomic mass is 10.2. The third-order valence-electron chi connectivity index (χ3n) is 1.71. The Morgan fingerprint density at radius 1 is 1.41 bits per heavy atom. The summed E-state index contributed by atoms with van der Waals surface area (Å²) in [5, 5.41) is 12.8. The van der Waals surface area contributed by atoms with Crippen molar-refractivity contribution in [3.63, 3.8) is 0 Å². The molecule has 0 bridgehead atoms. The van der Waals surface area contributed by atoms with Gasteiger partial charge in [0.2, 0.25) is 0 Å². The van der Waals surface area contributed by atoms with Gasteiger partial charge in [0.25, 0.3) is 0 Å². The van der Waals surface area contributed by atoms with Gasteiger partial charge in [0.05, 0.1) is 19.6 Å². The zero-order valence-electron chi connectivity index (χ0n) is 8.58. The highest BCUT2D eigenvalue weighted by Crippen LogP contribution is 2.30. The average molecular weight is 254 g/mol. The Labute approximate surface area is 97.9 Å². The first-order chi connectivity index (χ1) is 7.90. The van der Waals surface area contributed by atoms with E-state index in [4.69, 9.17) is 10.2 Å². The predicted octanol–water partition coefficient (Wildman–Crippen LogP) is -0.887. The lowest BCUT2D eigenvalue weighted by Crippen LogP contribution is -2.37. The number of benzene rings is 1. The van der Waals surface area contributed by atoms with Crippen molar-refractivity contribution < 1.29 is 19.5 Å². The second-order valence-corrected chi connectivity index (χ2v) is 4.71. The second-order valence-electron chi connectivity index (χ2n) is 3.12. The summed E-state index contributed by atoms with van der Waals surface area (Å²) in [4.78, 5) is 40.3. The minimum absolute atomic E-state index is 0.403. The van der Waals surface area contributed by atoms with Crippen LogP contribution in [-0.4, -0.2) is 17.2 Å². The zero-order chi connectivity index (χ0) is 12.9. The van der Waals surface area contributed by atoms with Crippen molar-refractivity contribution in [1.29, 1.82) is 5.26 Å². The SMILES string of the molecule is N#Cc1ccc(NC(=O)NC[P+]([O-])([O-])O)cc1. The molecule has 2 amide bonds. The summed E-state index contributed by atoms with van der Waals surface area (Å²) in [6, 6.07) is 7.14. The summed E-state index contributed by atoms with van der Waals surface area (Å²) in [7, 11) is -4.50. The smallest absolute Gasteiger partial charge is 0.322 e. The molecule has 0 atom stereocenters. The van der Waals surface area contributed by atoms with Gasteiger partial charge in [0, 0.05) is 5.69 Å². The van der Waals surface area contributed by atoms with Gasteiger partial charge in [-0.25, -0.2) is 4.79 Å². The minimum atomic E-state index is -4.50. The number of nitrogens with zero attached hydrogens (tertiary/aromatic N) is 1. The number of hydrogen-bond acceptors (Lipinski definition) is 5. The van der Waals surface area contributed by atoms with E-state index in [1.165, 1.54) is 24.3 Å². The highest BCUT2D eigenvalue weighted by Gasteiger charge is 2.09. The van der Waals surface area contributed by atoms with Crippen LogP contribution < -0.4 is 20.4 Å². The monoisotopic (exact) mass is 254 g/mol. The van der Waals surface area contributed by atoms with Gasteiger partial charge >= 0.3 is 6.03 Å². The molecular weight excluding hydrogens is 245 g/mol. The van der Waals surface area contributed by atoms with Gasteiger partial charge in [0.1, 0.15) is 6.29 Å². The first-order valence-electron chi connectivity index (χ1n) is 4.48. The van der Waals surface area contributed by atoms with Gasteiger partial charge in [-0.05, 0) is 24.3 Å². The summed E-state index contributed by atoms with van der Waals surface area (Å²) in [6.07, 6.45) is -0.838. The average Bonchev–Trinajstić information content (AvgIpc) is 2.27. The lowest BCUT2D eigenvalue weighted by molar-refractivity contribution is -0.331. The first kappa shape index (κ1) is 13.4. The summed E-state index contributed by atoms with van der Waals surface area (Å²) in [5.41, 5.74) is 0.843. The van der Waals surface area contributed by atoms with Crippen molar-refractivity contribution >= 4 is 19.7 Å². The van der Waals surface area contributed by atoms with E-state index >= 15 is 0 Å². The fourth-order valence-electron chi connectivity index (χ4n) is 0.975. The van der Waals surface area contributed by atoms with Crippen molar-refractivity contribution in [1.82, 2.24) is 5.32 Å². The van der Waals surface area contributed by atoms with Gasteiger partial charge in [-0.15, -0.1) is 0 Å². The van der Waals surface area contributed by atoms with Crippen LogP contribution in [0.5, 0.6) is 0 Å². The number of nitriles is 1. The Hall–Kier alpha value is -1.71. The molecule has 0 unspecified atom stereocenters. The number of rotatable bonds is 3. The van der Waals surface area contributed by atoms with Crippen LogP contribution >= 0.6 is 7.94 Å². The topological polar surface area (TPSA) is 131 Å². The predicted molar refractivity (Wildman–Crippen MR) is 57.3 cm³/mol. The first-order valence-corrected chi connectivity index (χ1v) is 6.25. The van der Waals surface area contributed by atoms with E-state index < -0.39 is 20.3 Å². The normalized spacial score (nSPS) is 10.5. The van der Waals surface area contributed by atoms with Gasteiger partial charge in [-0.1, -0.05) is 0 Å². The molecule has 0 radical (unpaired) electrons. The number of anilines is 1. The van der Waals surface area contributed by atoms with E-state index in [1.807, 2.05) is 11.4 Å². The van der Waals surface area contributed by atoms with Crippen molar-refractivity contribution in [2.45, 2.75) is 0 Å². The van der Waals surface area contributed by atoms with E-state index in [-0.39, 0.29) is 0 Å². The molecule has 90 valence electrons. The molecule has 0 fully saturated rings. The molecule has 1 rings (SSSR count). The number of urea groups is 1. The molecule has 0 heterocycles. The van der Waals surface area contributed by atoms with E-state index in [0.29, 0.717) is 11.3 Å². The number of carbonyl (C=O) groups is 1. The van der Waals surface area contributed by atoms with Crippen LogP contribution in [0, 0.1) is 11.3 Å². The van der Waals surface area contributed by atoms with E-state index in [9.17, 15) is 14.6 Å². The zero-order valence-corrected chi connectivity index (χ0v) is 9.48. The van der Waals surface area contributed by atoms with Crippen molar-refractivity contribution in [2.75, 3.05) is 11.6 Å². The maximum Gasteiger partial charge on any atom is 0.322 e. The van der Waals surface area contributed by atoms with E-state index in [2.05, 4.69) is 5.32 Å². The molecular formula is C9H9N3O4P-. The quantitative estimate of drug-likeness (QED) is 0.602. The van der Waals surface area contributed by atoms with Crippen LogP contribution in [0.4, 0.5) is 10.5 Å². The highest BCUT2D eigenvalue weighted by molar-refractivity contribution is 7.55. The summed E-state index contributed by atoms with van der Waals surface area (Å²) < 4.78 is 0. The molecule has 7 nitrogen and oxygen atoms in total. The van der Waals surface area contributed by atoms with Crippen molar-refractivity contribution in [3.8, 4) is 6.07 Å². The third kappa shape index (κ3) is 5.24. The minimum Gasteiger partial charge on any atom is -0.658 e. The summed E-state index contributed by atoms with van der Waals surface area (Å²) >= 11 is 0. The second kappa shape index (κ2) is 5.57. The van der Waals surface area contributed by atoms with Gasteiger partial charge in [-0.2, -0.15) is 5.26 Å². The molecule has 8 heteroatoms. The van der Waals surface area contributed by atoms with E-state index in [1.54, 1.807) is 0 Å². The molecule has 0 aliphatic rings. The molecule has 3 N–H and O–H groups in total. The number of hydrogen-bond donors (Lipinski definition) is 3. The molecule has 1 aromatic rings. The Morgan fingerprint density at radius 2 is 2.00 bits per heavy atom. The molecule has 1 aromatic carbocycles. The molecule has 0 spiro atoms.